The minimum atomic E-state index is 0.397. The van der Waals surface area contributed by atoms with Crippen LogP contribution in [-0.2, 0) is 0 Å². The lowest BCUT2D eigenvalue weighted by Gasteiger charge is -2.18. The second kappa shape index (κ2) is 6.85. The van der Waals surface area contributed by atoms with Crippen molar-refractivity contribution < 1.29 is 0 Å². The molecule has 4 heteroatoms. The first-order valence-corrected chi connectivity index (χ1v) is 9.99. The van der Waals surface area contributed by atoms with Gasteiger partial charge in [0.25, 0.3) is 0 Å². The normalized spacial score (nSPS) is 20.4. The van der Waals surface area contributed by atoms with Crippen LogP contribution in [0.25, 0.3) is 22.5 Å². The van der Waals surface area contributed by atoms with Crippen LogP contribution in [0.15, 0.2) is 65.1 Å². The first kappa shape index (κ1) is 16.1. The van der Waals surface area contributed by atoms with E-state index in [-0.39, 0.29) is 0 Å². The zero-order valence-electron chi connectivity index (χ0n) is 13.2. The maximum Gasteiger partial charge on any atom is 0.107 e. The molecule has 1 heterocycles. The molecule has 2 unspecified atom stereocenters. The second-order valence-corrected chi connectivity index (χ2v) is 8.17. The van der Waals surface area contributed by atoms with Crippen LogP contribution in [0.2, 0.25) is 0 Å². The average molecular weight is 446 g/mol. The molecule has 0 spiro atoms. The SMILES string of the molecule is Brc1c(-c2ccccc2)nn(C2CCCC2Br)c1-c1ccccc1. The Morgan fingerprint density at radius 2 is 1.50 bits per heavy atom. The molecule has 0 saturated heterocycles. The van der Waals surface area contributed by atoms with Crippen molar-refractivity contribution in [2.45, 2.75) is 30.1 Å². The largest absolute Gasteiger partial charge is 0.259 e. The van der Waals surface area contributed by atoms with E-state index in [1.807, 2.05) is 6.07 Å². The van der Waals surface area contributed by atoms with E-state index in [1.165, 1.54) is 24.1 Å². The van der Waals surface area contributed by atoms with Crippen LogP contribution in [0.4, 0.5) is 0 Å². The fourth-order valence-electron chi connectivity index (χ4n) is 3.46. The summed E-state index contributed by atoms with van der Waals surface area (Å²) in [6, 6.07) is 21.3. The topological polar surface area (TPSA) is 17.8 Å². The Kier molecular flexibility index (Phi) is 4.59. The lowest BCUT2D eigenvalue weighted by molar-refractivity contribution is 0.485. The predicted octanol–water partition coefficient (Wildman–Crippen LogP) is 6.47. The van der Waals surface area contributed by atoms with Crippen molar-refractivity contribution in [2.75, 3.05) is 0 Å². The van der Waals surface area contributed by atoms with Crippen molar-refractivity contribution in [3.8, 4) is 22.5 Å². The van der Waals surface area contributed by atoms with Gasteiger partial charge in [0, 0.05) is 16.0 Å². The molecule has 0 aliphatic heterocycles. The maximum absolute atomic E-state index is 5.03. The molecular weight excluding hydrogens is 428 g/mol. The fourth-order valence-corrected chi connectivity index (χ4v) is 4.99. The molecule has 0 bridgehead atoms. The Morgan fingerprint density at radius 3 is 2.08 bits per heavy atom. The predicted molar refractivity (Wildman–Crippen MR) is 106 cm³/mol. The summed E-state index contributed by atoms with van der Waals surface area (Å²) < 4.78 is 3.31. The van der Waals surface area contributed by atoms with Crippen molar-refractivity contribution in [2.24, 2.45) is 0 Å². The van der Waals surface area contributed by atoms with Crippen LogP contribution in [0.5, 0.6) is 0 Å². The number of benzene rings is 2. The van der Waals surface area contributed by atoms with Gasteiger partial charge in [-0.15, -0.1) is 0 Å². The zero-order valence-corrected chi connectivity index (χ0v) is 16.4. The quantitative estimate of drug-likeness (QED) is 0.422. The summed E-state index contributed by atoms with van der Waals surface area (Å²) in [6.07, 6.45) is 3.61. The molecule has 0 amide bonds. The van der Waals surface area contributed by atoms with Crippen molar-refractivity contribution >= 4 is 31.9 Å². The van der Waals surface area contributed by atoms with Gasteiger partial charge < -0.3 is 0 Å². The molecule has 2 atom stereocenters. The van der Waals surface area contributed by atoms with Crippen LogP contribution < -0.4 is 0 Å². The Labute approximate surface area is 159 Å². The van der Waals surface area contributed by atoms with E-state index >= 15 is 0 Å². The molecule has 4 rings (SSSR count). The molecular formula is C20H18Br2N2. The van der Waals surface area contributed by atoms with E-state index in [0.29, 0.717) is 10.9 Å². The standard InChI is InChI=1S/C20H18Br2N2/c21-16-12-7-13-17(16)24-20(15-10-5-2-6-11-15)18(22)19(23-24)14-8-3-1-4-9-14/h1-6,8-11,16-17H,7,12-13H2. The van der Waals surface area contributed by atoms with E-state index in [1.54, 1.807) is 0 Å². The molecule has 122 valence electrons. The summed E-state index contributed by atoms with van der Waals surface area (Å²) in [5.74, 6) is 0. The number of hydrogen-bond acceptors (Lipinski definition) is 1. The molecule has 1 aliphatic carbocycles. The van der Waals surface area contributed by atoms with Crippen molar-refractivity contribution in [1.29, 1.82) is 0 Å². The highest BCUT2D eigenvalue weighted by atomic mass is 79.9. The number of nitrogens with zero attached hydrogens (tertiary/aromatic N) is 2. The van der Waals surface area contributed by atoms with Crippen molar-refractivity contribution in [3.63, 3.8) is 0 Å². The smallest absolute Gasteiger partial charge is 0.107 e. The monoisotopic (exact) mass is 444 g/mol. The Bertz CT molecular complexity index is 828. The molecule has 2 nitrogen and oxygen atoms in total. The van der Waals surface area contributed by atoms with Crippen LogP contribution in [0.3, 0.4) is 0 Å². The van der Waals surface area contributed by atoms with E-state index in [0.717, 1.165) is 22.2 Å². The van der Waals surface area contributed by atoms with Crippen LogP contribution in [0.1, 0.15) is 25.3 Å². The highest BCUT2D eigenvalue weighted by molar-refractivity contribution is 9.10. The number of hydrogen-bond donors (Lipinski definition) is 0. The van der Waals surface area contributed by atoms with Gasteiger partial charge in [0.2, 0.25) is 0 Å². The van der Waals surface area contributed by atoms with Gasteiger partial charge in [0.15, 0.2) is 0 Å². The van der Waals surface area contributed by atoms with Gasteiger partial charge in [-0.3, -0.25) is 4.68 Å². The summed E-state index contributed by atoms with van der Waals surface area (Å²) >= 11 is 7.71. The number of aromatic nitrogens is 2. The third-order valence-electron chi connectivity index (χ3n) is 4.66. The second-order valence-electron chi connectivity index (χ2n) is 6.20. The molecule has 0 radical (unpaired) electrons. The molecule has 0 N–H and O–H groups in total. The van der Waals surface area contributed by atoms with E-state index in [4.69, 9.17) is 5.10 Å². The number of alkyl halides is 1. The van der Waals surface area contributed by atoms with Gasteiger partial charge in [-0.05, 0) is 28.8 Å². The minimum absolute atomic E-state index is 0.397. The lowest BCUT2D eigenvalue weighted by Crippen LogP contribution is -2.16. The van der Waals surface area contributed by atoms with Gasteiger partial charge >= 0.3 is 0 Å². The van der Waals surface area contributed by atoms with Crippen molar-refractivity contribution in [1.82, 2.24) is 9.78 Å². The number of rotatable bonds is 3. The molecule has 1 aromatic heterocycles. The minimum Gasteiger partial charge on any atom is -0.259 e. The highest BCUT2D eigenvalue weighted by Gasteiger charge is 2.31. The summed E-state index contributed by atoms with van der Waals surface area (Å²) in [6.45, 7) is 0. The average Bonchev–Trinajstić information content (AvgIpc) is 3.19. The van der Waals surface area contributed by atoms with Crippen LogP contribution in [0, 0.1) is 0 Å². The van der Waals surface area contributed by atoms with Gasteiger partial charge in [-0.2, -0.15) is 5.10 Å². The molecule has 24 heavy (non-hydrogen) atoms. The number of halogens is 2. The molecule has 1 fully saturated rings. The highest BCUT2D eigenvalue weighted by Crippen LogP contribution is 2.43. The van der Waals surface area contributed by atoms with Gasteiger partial charge in [0.1, 0.15) is 5.69 Å². The maximum atomic E-state index is 5.03. The Hall–Kier alpha value is -1.39. The third kappa shape index (κ3) is 2.86. The van der Waals surface area contributed by atoms with Crippen LogP contribution in [-0.4, -0.2) is 14.6 Å². The van der Waals surface area contributed by atoms with Gasteiger partial charge in [-0.25, -0.2) is 0 Å². The molecule has 1 aliphatic rings. The third-order valence-corrected chi connectivity index (χ3v) is 6.48. The first-order valence-electron chi connectivity index (χ1n) is 8.28. The Morgan fingerprint density at radius 1 is 0.875 bits per heavy atom. The van der Waals surface area contributed by atoms with E-state index in [9.17, 15) is 0 Å². The first-order chi connectivity index (χ1) is 11.8. The summed E-state index contributed by atoms with van der Waals surface area (Å²) in [4.78, 5) is 0.482. The van der Waals surface area contributed by atoms with Gasteiger partial charge in [-0.1, -0.05) is 83.0 Å². The van der Waals surface area contributed by atoms with E-state index in [2.05, 4.69) is 91.1 Å². The lowest BCUT2D eigenvalue weighted by atomic mass is 10.1. The zero-order chi connectivity index (χ0) is 16.5. The molecule has 2 aromatic carbocycles. The summed E-state index contributed by atoms with van der Waals surface area (Å²) in [5, 5.41) is 5.03. The summed E-state index contributed by atoms with van der Waals surface area (Å²) in [5.41, 5.74) is 4.53. The fraction of sp³-hybridized carbons (Fsp3) is 0.250. The van der Waals surface area contributed by atoms with Crippen LogP contribution >= 0.6 is 31.9 Å². The molecule has 1 saturated carbocycles. The van der Waals surface area contributed by atoms with E-state index < -0.39 is 0 Å². The summed E-state index contributed by atoms with van der Waals surface area (Å²) in [7, 11) is 0. The Balaban J connectivity index is 1.91. The van der Waals surface area contributed by atoms with Crippen molar-refractivity contribution in [3.05, 3.63) is 65.1 Å². The van der Waals surface area contributed by atoms with Gasteiger partial charge in [0.05, 0.1) is 16.2 Å². The molecule has 3 aromatic rings.